The number of hydrogen-bond donors (Lipinski definition) is 0. The fourth-order valence-corrected chi connectivity index (χ4v) is 4.60. The predicted molar refractivity (Wildman–Crippen MR) is 88.4 cm³/mol. The van der Waals surface area contributed by atoms with Crippen molar-refractivity contribution in [3.63, 3.8) is 0 Å². The maximum Gasteiger partial charge on any atom is 0.0939 e. The smallest absolute Gasteiger partial charge is 0.0939 e. The Bertz CT molecular complexity index is 732. The third-order valence-corrected chi connectivity index (χ3v) is 5.77. The first-order chi connectivity index (χ1) is 9.15. The van der Waals surface area contributed by atoms with Gasteiger partial charge in [-0.1, -0.05) is 36.4 Å². The van der Waals surface area contributed by atoms with Crippen LogP contribution in [-0.4, -0.2) is 0 Å². The van der Waals surface area contributed by atoms with Gasteiger partial charge in [0.2, 0.25) is 0 Å². The monoisotopic (exact) mass is 350 g/mol. The first kappa shape index (κ1) is 13.2. The summed E-state index contributed by atoms with van der Waals surface area (Å²) >= 11 is 12.0. The molecule has 3 rings (SSSR count). The van der Waals surface area contributed by atoms with E-state index in [9.17, 15) is 0 Å². The lowest BCUT2D eigenvalue weighted by Crippen LogP contribution is -1.91. The van der Waals surface area contributed by atoms with E-state index in [1.807, 2.05) is 0 Å². The van der Waals surface area contributed by atoms with Gasteiger partial charge < -0.3 is 0 Å². The van der Waals surface area contributed by atoms with E-state index in [0.717, 1.165) is 10.0 Å². The molecule has 3 aromatic rings. The van der Waals surface area contributed by atoms with Crippen molar-refractivity contribution in [2.75, 3.05) is 0 Å². The lowest BCUT2D eigenvalue weighted by molar-refractivity contribution is 1.18. The highest BCUT2D eigenvalue weighted by Crippen LogP contribution is 2.39. The van der Waals surface area contributed by atoms with Crippen LogP contribution in [0.1, 0.15) is 20.7 Å². The number of hydrogen-bond acceptors (Lipinski definition) is 1. The maximum atomic E-state index is 6.63. The Hall–Kier alpha value is -0.830. The molecule has 0 aliphatic heterocycles. The van der Waals surface area contributed by atoms with Crippen molar-refractivity contribution in [3.8, 4) is 0 Å². The van der Waals surface area contributed by atoms with Gasteiger partial charge in [-0.25, -0.2) is 0 Å². The first-order valence-corrected chi connectivity index (χ1v) is 8.08. The van der Waals surface area contributed by atoms with Gasteiger partial charge in [0.15, 0.2) is 0 Å². The van der Waals surface area contributed by atoms with Crippen molar-refractivity contribution < 1.29 is 0 Å². The minimum Gasteiger partial charge on any atom is -0.143 e. The second-order valence-electron chi connectivity index (χ2n) is 4.54. The van der Waals surface area contributed by atoms with E-state index < -0.39 is 0 Å². The second kappa shape index (κ2) is 5.28. The van der Waals surface area contributed by atoms with Crippen molar-refractivity contribution in [2.24, 2.45) is 0 Å². The molecule has 0 N–H and O–H groups in total. The lowest BCUT2D eigenvalue weighted by atomic mass is 10.0. The summed E-state index contributed by atoms with van der Waals surface area (Å²) in [4.78, 5) is 2.45. The molecule has 0 aliphatic rings. The molecule has 0 saturated carbocycles. The summed E-state index contributed by atoms with van der Waals surface area (Å²) in [6.45, 7) is 2.10. The minimum absolute atomic E-state index is 0.0994. The van der Waals surface area contributed by atoms with Crippen LogP contribution in [0.2, 0.25) is 0 Å². The second-order valence-corrected chi connectivity index (χ2v) is 7.12. The summed E-state index contributed by atoms with van der Waals surface area (Å²) in [5.41, 5.74) is 1.14. The molecule has 3 heteroatoms. The Morgan fingerprint density at radius 2 is 1.79 bits per heavy atom. The Kier molecular flexibility index (Phi) is 3.66. The van der Waals surface area contributed by atoms with Crippen molar-refractivity contribution >= 4 is 49.6 Å². The number of alkyl halides is 1. The Morgan fingerprint density at radius 1 is 1.05 bits per heavy atom. The van der Waals surface area contributed by atoms with Crippen LogP contribution < -0.4 is 0 Å². The van der Waals surface area contributed by atoms with E-state index >= 15 is 0 Å². The van der Waals surface area contributed by atoms with Gasteiger partial charge in [-0.3, -0.25) is 0 Å². The van der Waals surface area contributed by atoms with Crippen LogP contribution in [0.25, 0.3) is 10.8 Å². The average molecular weight is 352 g/mol. The van der Waals surface area contributed by atoms with Gasteiger partial charge in [0.1, 0.15) is 0 Å². The fraction of sp³-hybridized carbons (Fsp3) is 0.125. The highest BCUT2D eigenvalue weighted by molar-refractivity contribution is 9.10. The minimum atomic E-state index is -0.0994. The lowest BCUT2D eigenvalue weighted by Gasteiger charge is -2.10. The summed E-state index contributed by atoms with van der Waals surface area (Å²) in [5, 5.41) is 2.38. The molecule has 0 fully saturated rings. The standard InChI is InChI=1S/C16H12BrClS/c1-10-8-14(17)16(19-10)15(18)13-7-6-11-4-2-3-5-12(11)9-13/h2-9,15H,1H3. The molecule has 0 radical (unpaired) electrons. The van der Waals surface area contributed by atoms with Gasteiger partial charge >= 0.3 is 0 Å². The van der Waals surface area contributed by atoms with Crippen molar-refractivity contribution in [2.45, 2.75) is 12.3 Å². The summed E-state index contributed by atoms with van der Waals surface area (Å²) in [6.07, 6.45) is 0. The van der Waals surface area contributed by atoms with Crippen molar-refractivity contribution in [1.29, 1.82) is 0 Å². The van der Waals surface area contributed by atoms with Crippen LogP contribution in [0.15, 0.2) is 53.0 Å². The SMILES string of the molecule is Cc1cc(Br)c(C(Cl)c2ccc3ccccc3c2)s1. The predicted octanol–water partition coefficient (Wildman–Crippen LogP) is 6.30. The Balaban J connectivity index is 2.06. The van der Waals surface area contributed by atoms with Crippen LogP contribution in [0.5, 0.6) is 0 Å². The zero-order chi connectivity index (χ0) is 13.4. The fourth-order valence-electron chi connectivity index (χ4n) is 2.19. The molecule has 2 aromatic carbocycles. The zero-order valence-electron chi connectivity index (χ0n) is 10.4. The largest absolute Gasteiger partial charge is 0.143 e. The molecule has 1 atom stereocenters. The molecule has 1 aromatic heterocycles. The van der Waals surface area contributed by atoms with E-state index in [1.165, 1.54) is 20.5 Å². The van der Waals surface area contributed by atoms with Crippen LogP contribution >= 0.6 is 38.9 Å². The highest BCUT2D eigenvalue weighted by Gasteiger charge is 2.16. The van der Waals surface area contributed by atoms with E-state index in [-0.39, 0.29) is 5.38 Å². The van der Waals surface area contributed by atoms with Crippen LogP contribution in [-0.2, 0) is 0 Å². The number of fused-ring (bicyclic) bond motifs is 1. The molecule has 0 aliphatic carbocycles. The van der Waals surface area contributed by atoms with Crippen LogP contribution in [0.4, 0.5) is 0 Å². The number of aryl methyl sites for hydroxylation is 1. The van der Waals surface area contributed by atoms with E-state index in [0.29, 0.717) is 0 Å². The molecule has 96 valence electrons. The molecular weight excluding hydrogens is 340 g/mol. The van der Waals surface area contributed by atoms with Gasteiger partial charge in [0, 0.05) is 14.2 Å². The van der Waals surface area contributed by atoms with Crippen molar-refractivity contribution in [1.82, 2.24) is 0 Å². The third-order valence-electron chi connectivity index (χ3n) is 3.13. The molecule has 0 spiro atoms. The molecule has 0 saturated heterocycles. The van der Waals surface area contributed by atoms with Gasteiger partial charge in [-0.15, -0.1) is 22.9 Å². The van der Waals surface area contributed by atoms with Crippen molar-refractivity contribution in [3.05, 3.63) is 68.3 Å². The molecule has 19 heavy (non-hydrogen) atoms. The number of halogens is 2. The molecule has 0 amide bonds. The van der Waals surface area contributed by atoms with Crippen LogP contribution in [0, 0.1) is 6.92 Å². The van der Waals surface area contributed by atoms with E-state index in [1.54, 1.807) is 11.3 Å². The molecule has 1 heterocycles. The third kappa shape index (κ3) is 2.58. The van der Waals surface area contributed by atoms with E-state index in [4.69, 9.17) is 11.6 Å². The maximum absolute atomic E-state index is 6.63. The normalized spacial score (nSPS) is 12.8. The quantitative estimate of drug-likeness (QED) is 0.475. The Labute approximate surface area is 130 Å². The van der Waals surface area contributed by atoms with Gasteiger partial charge in [0.05, 0.1) is 5.38 Å². The Morgan fingerprint density at radius 3 is 2.47 bits per heavy atom. The van der Waals surface area contributed by atoms with Gasteiger partial charge in [-0.05, 0) is 51.3 Å². The zero-order valence-corrected chi connectivity index (χ0v) is 13.5. The molecule has 0 bridgehead atoms. The first-order valence-electron chi connectivity index (χ1n) is 6.04. The summed E-state index contributed by atoms with van der Waals surface area (Å²) < 4.78 is 1.10. The average Bonchev–Trinajstić information content (AvgIpc) is 2.76. The molecule has 0 nitrogen and oxygen atoms in total. The topological polar surface area (TPSA) is 0 Å². The molecule has 1 unspecified atom stereocenters. The van der Waals surface area contributed by atoms with Gasteiger partial charge in [-0.2, -0.15) is 0 Å². The highest BCUT2D eigenvalue weighted by atomic mass is 79.9. The van der Waals surface area contributed by atoms with Crippen LogP contribution in [0.3, 0.4) is 0 Å². The summed E-state index contributed by atoms with van der Waals surface area (Å²) in [6, 6.07) is 16.9. The summed E-state index contributed by atoms with van der Waals surface area (Å²) in [5.74, 6) is 0. The number of rotatable bonds is 2. The van der Waals surface area contributed by atoms with E-state index in [2.05, 4.69) is 71.4 Å². The number of thiophene rings is 1. The molecular formula is C16H12BrClS. The van der Waals surface area contributed by atoms with Gasteiger partial charge in [0.25, 0.3) is 0 Å². The number of benzene rings is 2. The summed E-state index contributed by atoms with van der Waals surface area (Å²) in [7, 11) is 0.